The van der Waals surface area contributed by atoms with Gasteiger partial charge in [-0.2, -0.15) is 0 Å². The van der Waals surface area contributed by atoms with E-state index >= 15 is 0 Å². The quantitative estimate of drug-likeness (QED) is 0.0199. The molecule has 66 heavy (non-hydrogen) atoms. The molecule has 1 atom stereocenters. The van der Waals surface area contributed by atoms with Crippen molar-refractivity contribution in [1.82, 2.24) is 0 Å². The first kappa shape index (κ1) is 61.3. The molecule has 0 aromatic heterocycles. The molecule has 6 heteroatoms. The van der Waals surface area contributed by atoms with Gasteiger partial charge in [0.15, 0.2) is 6.10 Å². The second-order valence-electron chi connectivity index (χ2n) is 16.5. The van der Waals surface area contributed by atoms with Gasteiger partial charge in [0.05, 0.1) is 0 Å². The van der Waals surface area contributed by atoms with Gasteiger partial charge in [-0.05, 0) is 103 Å². The number of ether oxygens (including phenoxy) is 3. The molecule has 6 nitrogen and oxygen atoms in total. The number of hydrogen-bond donors (Lipinski definition) is 0. The third kappa shape index (κ3) is 50.3. The lowest BCUT2D eigenvalue weighted by Gasteiger charge is -2.18. The fraction of sp³-hybridized carbons (Fsp3) is 0.550. The SMILES string of the molecule is CC\C=C/C=C\C=C/C=C\C=C\C=C/CCCCCC(=O)OCC(COC(=O)CCCCC/C=C\CCCCCCCCC)OC(=O)CCC/C=C\C/C=C\C/C=C\C/C=C\C/C=C\CC. The molecule has 0 aliphatic carbocycles. The number of carbonyl (C=O) groups is 3. The first-order valence-electron chi connectivity index (χ1n) is 25.9. The van der Waals surface area contributed by atoms with Crippen LogP contribution in [-0.2, 0) is 28.6 Å². The van der Waals surface area contributed by atoms with Crippen molar-refractivity contribution >= 4 is 17.9 Å². The summed E-state index contributed by atoms with van der Waals surface area (Å²) in [6.07, 6.45) is 75.5. The maximum Gasteiger partial charge on any atom is 0.306 e. The molecule has 0 bridgehead atoms. The van der Waals surface area contributed by atoms with Crippen LogP contribution in [0.25, 0.3) is 0 Å². The largest absolute Gasteiger partial charge is 0.462 e. The zero-order chi connectivity index (χ0) is 47.9. The molecule has 1 unspecified atom stereocenters. The molecular weight excluding hydrogens is 817 g/mol. The molecule has 0 N–H and O–H groups in total. The highest BCUT2D eigenvalue weighted by Gasteiger charge is 2.19. The number of esters is 3. The Hall–Kier alpha value is -4.71. The predicted molar refractivity (Wildman–Crippen MR) is 283 cm³/mol. The Labute approximate surface area is 404 Å². The zero-order valence-corrected chi connectivity index (χ0v) is 41.9. The summed E-state index contributed by atoms with van der Waals surface area (Å²) < 4.78 is 16.7. The molecule has 0 rings (SSSR count). The summed E-state index contributed by atoms with van der Waals surface area (Å²) in [6, 6.07) is 0. The summed E-state index contributed by atoms with van der Waals surface area (Å²) in [5, 5.41) is 0. The molecule has 0 fully saturated rings. The van der Waals surface area contributed by atoms with Crippen LogP contribution in [0.1, 0.15) is 194 Å². The van der Waals surface area contributed by atoms with Crippen LogP contribution < -0.4 is 0 Å². The Morgan fingerprint density at radius 2 is 0.682 bits per heavy atom. The van der Waals surface area contributed by atoms with Crippen molar-refractivity contribution in [2.45, 2.75) is 200 Å². The van der Waals surface area contributed by atoms with Gasteiger partial charge in [0, 0.05) is 19.3 Å². The Morgan fingerprint density at radius 1 is 0.333 bits per heavy atom. The van der Waals surface area contributed by atoms with E-state index in [1.165, 1.54) is 44.9 Å². The number of allylic oxidation sites excluding steroid dienone is 24. The van der Waals surface area contributed by atoms with E-state index in [1.807, 2.05) is 60.8 Å². The number of carbonyl (C=O) groups excluding carboxylic acids is 3. The summed E-state index contributed by atoms with van der Waals surface area (Å²) in [5.41, 5.74) is 0. The summed E-state index contributed by atoms with van der Waals surface area (Å²) in [6.45, 7) is 6.25. The van der Waals surface area contributed by atoms with Gasteiger partial charge >= 0.3 is 17.9 Å². The average Bonchev–Trinajstić information content (AvgIpc) is 3.31. The lowest BCUT2D eigenvalue weighted by Crippen LogP contribution is -2.30. The van der Waals surface area contributed by atoms with Crippen molar-refractivity contribution in [3.8, 4) is 0 Å². The molecule has 0 aliphatic heterocycles. The topological polar surface area (TPSA) is 78.9 Å². The van der Waals surface area contributed by atoms with Crippen LogP contribution in [0.15, 0.2) is 146 Å². The lowest BCUT2D eigenvalue weighted by molar-refractivity contribution is -0.167. The van der Waals surface area contributed by atoms with Gasteiger partial charge in [-0.25, -0.2) is 0 Å². The minimum absolute atomic E-state index is 0.129. The van der Waals surface area contributed by atoms with E-state index in [1.54, 1.807) is 0 Å². The number of hydrogen-bond acceptors (Lipinski definition) is 6. The molecular formula is C60H92O6. The molecule has 368 valence electrons. The van der Waals surface area contributed by atoms with Gasteiger partial charge in [0.25, 0.3) is 0 Å². The third-order valence-corrected chi connectivity index (χ3v) is 10.2. The first-order chi connectivity index (χ1) is 32.5. The van der Waals surface area contributed by atoms with Crippen LogP contribution in [0, 0.1) is 0 Å². The second kappa shape index (κ2) is 52.9. The van der Waals surface area contributed by atoms with Crippen LogP contribution >= 0.6 is 0 Å². The highest BCUT2D eigenvalue weighted by atomic mass is 16.6. The van der Waals surface area contributed by atoms with Crippen LogP contribution in [0.4, 0.5) is 0 Å². The first-order valence-corrected chi connectivity index (χ1v) is 25.9. The smallest absolute Gasteiger partial charge is 0.306 e. The third-order valence-electron chi connectivity index (χ3n) is 10.2. The van der Waals surface area contributed by atoms with E-state index in [2.05, 4.69) is 106 Å². The van der Waals surface area contributed by atoms with Crippen LogP contribution in [0.5, 0.6) is 0 Å². The van der Waals surface area contributed by atoms with Crippen molar-refractivity contribution in [3.63, 3.8) is 0 Å². The normalized spacial score (nSPS) is 13.3. The Kier molecular flexibility index (Phi) is 49.1. The van der Waals surface area contributed by atoms with E-state index in [9.17, 15) is 14.4 Å². The Bertz CT molecular complexity index is 1510. The Balaban J connectivity index is 4.63. The molecule has 0 aromatic rings. The van der Waals surface area contributed by atoms with E-state index < -0.39 is 12.1 Å². The standard InChI is InChI=1S/C60H92O6/c1-4-7-10-13-16-19-22-25-28-30-32-35-38-41-44-47-50-53-59(62)65-56-57(55-64-58(61)52-49-46-43-40-37-34-27-24-21-18-15-12-9-6-3)66-60(63)54-51-48-45-42-39-36-33-31-29-26-23-20-17-14-11-8-5-2/h7-8,10-11,13,16-17,19-20,22,25-26,28-30,32-38,42,45,57H,4-6,9,12,14-15,18,21,23-24,27,31,39-41,43-44,46-56H2,1-3H3/b10-7-,11-8-,16-13-,20-17-,22-19-,28-25-,29-26-,32-30+,36-33-,37-34-,38-35-,45-42-. The van der Waals surface area contributed by atoms with E-state index in [-0.39, 0.29) is 38.0 Å². The van der Waals surface area contributed by atoms with Gasteiger partial charge < -0.3 is 14.2 Å². The predicted octanol–water partition coefficient (Wildman–Crippen LogP) is 17.3. The molecule has 0 spiro atoms. The van der Waals surface area contributed by atoms with Crippen LogP contribution in [0.3, 0.4) is 0 Å². The van der Waals surface area contributed by atoms with Crippen molar-refractivity contribution in [1.29, 1.82) is 0 Å². The monoisotopic (exact) mass is 909 g/mol. The Morgan fingerprint density at radius 3 is 1.17 bits per heavy atom. The van der Waals surface area contributed by atoms with Crippen molar-refractivity contribution < 1.29 is 28.6 Å². The van der Waals surface area contributed by atoms with Gasteiger partial charge in [-0.1, -0.05) is 218 Å². The number of rotatable bonds is 44. The molecule has 0 heterocycles. The van der Waals surface area contributed by atoms with E-state index in [0.29, 0.717) is 19.3 Å². The maximum atomic E-state index is 12.8. The van der Waals surface area contributed by atoms with Gasteiger partial charge in [-0.15, -0.1) is 0 Å². The highest BCUT2D eigenvalue weighted by Crippen LogP contribution is 2.12. The van der Waals surface area contributed by atoms with E-state index in [4.69, 9.17) is 14.2 Å². The molecule has 0 amide bonds. The minimum Gasteiger partial charge on any atom is -0.462 e. The average molecular weight is 909 g/mol. The van der Waals surface area contributed by atoms with E-state index in [0.717, 1.165) is 96.3 Å². The van der Waals surface area contributed by atoms with Crippen LogP contribution in [0.2, 0.25) is 0 Å². The van der Waals surface area contributed by atoms with Gasteiger partial charge in [0.2, 0.25) is 0 Å². The molecule has 0 saturated heterocycles. The lowest BCUT2D eigenvalue weighted by atomic mass is 10.1. The minimum atomic E-state index is -0.838. The summed E-state index contributed by atoms with van der Waals surface area (Å²) in [4.78, 5) is 38.0. The second-order valence-corrected chi connectivity index (χ2v) is 16.5. The molecule has 0 saturated carbocycles. The van der Waals surface area contributed by atoms with Crippen molar-refractivity contribution in [3.05, 3.63) is 146 Å². The molecule has 0 aromatic carbocycles. The van der Waals surface area contributed by atoms with Crippen molar-refractivity contribution in [2.24, 2.45) is 0 Å². The maximum absolute atomic E-state index is 12.8. The summed E-state index contributed by atoms with van der Waals surface area (Å²) in [7, 11) is 0. The molecule has 0 radical (unpaired) electrons. The van der Waals surface area contributed by atoms with Crippen LogP contribution in [-0.4, -0.2) is 37.2 Å². The zero-order valence-electron chi connectivity index (χ0n) is 41.9. The fourth-order valence-corrected chi connectivity index (χ4v) is 6.38. The number of unbranched alkanes of at least 4 members (excludes halogenated alkanes) is 14. The fourth-order valence-electron chi connectivity index (χ4n) is 6.38. The van der Waals surface area contributed by atoms with Crippen molar-refractivity contribution in [2.75, 3.05) is 13.2 Å². The van der Waals surface area contributed by atoms with Gasteiger partial charge in [-0.3, -0.25) is 14.4 Å². The molecule has 0 aliphatic rings. The summed E-state index contributed by atoms with van der Waals surface area (Å²) >= 11 is 0. The highest BCUT2D eigenvalue weighted by molar-refractivity contribution is 5.71. The van der Waals surface area contributed by atoms with Gasteiger partial charge in [0.1, 0.15) is 13.2 Å². The summed E-state index contributed by atoms with van der Waals surface area (Å²) in [5.74, 6) is -1.06.